The molecule has 0 aromatic heterocycles. The van der Waals surface area contributed by atoms with E-state index in [2.05, 4.69) is 19.2 Å². The number of carbonyl (C=O) groups excluding carboxylic acids is 1. The summed E-state index contributed by atoms with van der Waals surface area (Å²) in [4.78, 5) is 24.3. The number of aliphatic carboxylic acids is 1. The number of hydrogen-bond donors (Lipinski definition) is 2. The first kappa shape index (κ1) is 18.7. The number of carbonyl (C=O) groups is 2. The first-order chi connectivity index (χ1) is 9.61. The van der Waals surface area contributed by atoms with E-state index in [0.717, 1.165) is 51.6 Å². The summed E-state index contributed by atoms with van der Waals surface area (Å²) in [6.45, 7) is 6.52. The maximum Gasteiger partial charge on any atom is 0.317 e. The molecule has 0 aliphatic rings. The number of rotatable bonds is 12. The summed E-state index contributed by atoms with van der Waals surface area (Å²) in [7, 11) is 0. The molecule has 0 aliphatic heterocycles. The Balaban J connectivity index is 3.78. The van der Waals surface area contributed by atoms with Crippen LogP contribution in [0.5, 0.6) is 0 Å². The fraction of sp³-hybridized carbons (Fsp3) is 0.867. The molecule has 0 aromatic rings. The molecule has 0 bridgehead atoms. The normalized spacial score (nSPS) is 10.3. The van der Waals surface area contributed by atoms with Crippen molar-refractivity contribution in [1.82, 2.24) is 10.2 Å². The average Bonchev–Trinajstić information content (AvgIpc) is 2.42. The van der Waals surface area contributed by atoms with Crippen LogP contribution in [0.25, 0.3) is 0 Å². The molecule has 0 spiro atoms. The number of carboxylic acids is 1. The Hall–Kier alpha value is -1.26. The van der Waals surface area contributed by atoms with Crippen molar-refractivity contribution < 1.29 is 14.7 Å². The van der Waals surface area contributed by atoms with E-state index in [1.165, 1.54) is 0 Å². The summed E-state index contributed by atoms with van der Waals surface area (Å²) < 4.78 is 0. The maximum absolute atomic E-state index is 12.0. The molecule has 0 heterocycles. The third-order valence-electron chi connectivity index (χ3n) is 3.19. The van der Waals surface area contributed by atoms with Gasteiger partial charge in [-0.15, -0.1) is 0 Å². The van der Waals surface area contributed by atoms with Gasteiger partial charge in [0.05, 0.1) is 0 Å². The van der Waals surface area contributed by atoms with Gasteiger partial charge < -0.3 is 15.3 Å². The monoisotopic (exact) mass is 286 g/mol. The Kier molecular flexibility index (Phi) is 12.0. The molecule has 2 amide bonds. The largest absolute Gasteiger partial charge is 0.481 e. The Labute approximate surface area is 122 Å². The molecule has 0 aliphatic carbocycles. The van der Waals surface area contributed by atoms with E-state index < -0.39 is 5.97 Å². The molecule has 0 rings (SSSR count). The average molecular weight is 286 g/mol. The molecule has 2 N–H and O–H groups in total. The lowest BCUT2D eigenvalue weighted by Gasteiger charge is -2.22. The number of urea groups is 1. The topological polar surface area (TPSA) is 69.6 Å². The second-order valence-electron chi connectivity index (χ2n) is 5.13. The Morgan fingerprint density at radius 3 is 2.05 bits per heavy atom. The van der Waals surface area contributed by atoms with E-state index in [0.29, 0.717) is 13.0 Å². The second kappa shape index (κ2) is 12.8. The van der Waals surface area contributed by atoms with Gasteiger partial charge in [0.1, 0.15) is 0 Å². The van der Waals surface area contributed by atoms with Crippen molar-refractivity contribution in [1.29, 1.82) is 0 Å². The van der Waals surface area contributed by atoms with E-state index in [9.17, 15) is 9.59 Å². The Morgan fingerprint density at radius 2 is 1.55 bits per heavy atom. The summed E-state index contributed by atoms with van der Waals surface area (Å²) in [6, 6.07) is 0.0186. The van der Waals surface area contributed by atoms with Gasteiger partial charge in [0.25, 0.3) is 0 Å². The van der Waals surface area contributed by atoms with E-state index in [1.807, 2.05) is 4.90 Å². The van der Waals surface area contributed by atoms with Crippen LogP contribution in [0.1, 0.15) is 65.2 Å². The fourth-order valence-electron chi connectivity index (χ4n) is 1.90. The quantitative estimate of drug-likeness (QED) is 0.541. The van der Waals surface area contributed by atoms with Crippen LogP contribution in [0, 0.1) is 0 Å². The summed E-state index contributed by atoms with van der Waals surface area (Å²) in [5.41, 5.74) is 0. The summed E-state index contributed by atoms with van der Waals surface area (Å²) in [5.74, 6) is -0.751. The van der Waals surface area contributed by atoms with Crippen molar-refractivity contribution in [2.45, 2.75) is 65.2 Å². The van der Waals surface area contributed by atoms with Gasteiger partial charge in [-0.05, 0) is 25.7 Å². The van der Waals surface area contributed by atoms with Crippen molar-refractivity contribution >= 4 is 12.0 Å². The predicted molar refractivity (Wildman–Crippen MR) is 80.9 cm³/mol. The smallest absolute Gasteiger partial charge is 0.317 e. The molecule has 0 fully saturated rings. The lowest BCUT2D eigenvalue weighted by Crippen LogP contribution is -2.41. The van der Waals surface area contributed by atoms with Crippen LogP contribution in [0.2, 0.25) is 0 Å². The summed E-state index contributed by atoms with van der Waals surface area (Å²) >= 11 is 0. The SMILES string of the molecule is CCCCN(CCCC)C(=O)NCCCCCC(=O)O. The van der Waals surface area contributed by atoms with Crippen LogP contribution in [0.4, 0.5) is 4.79 Å². The van der Waals surface area contributed by atoms with Crippen LogP contribution < -0.4 is 5.32 Å². The molecule has 5 heteroatoms. The molecule has 0 unspecified atom stereocenters. The molecule has 20 heavy (non-hydrogen) atoms. The molecule has 118 valence electrons. The van der Waals surface area contributed by atoms with Crippen molar-refractivity contribution in [3.05, 3.63) is 0 Å². The van der Waals surface area contributed by atoms with Gasteiger partial charge in [-0.2, -0.15) is 0 Å². The van der Waals surface area contributed by atoms with Crippen molar-refractivity contribution in [2.75, 3.05) is 19.6 Å². The lowest BCUT2D eigenvalue weighted by molar-refractivity contribution is -0.137. The minimum absolute atomic E-state index is 0.0186. The summed E-state index contributed by atoms with van der Waals surface area (Å²) in [6.07, 6.45) is 6.83. The highest BCUT2D eigenvalue weighted by Crippen LogP contribution is 2.01. The molecule has 0 saturated carbocycles. The van der Waals surface area contributed by atoms with Gasteiger partial charge in [-0.1, -0.05) is 33.1 Å². The highest BCUT2D eigenvalue weighted by molar-refractivity contribution is 5.74. The van der Waals surface area contributed by atoms with Gasteiger partial charge in [-0.25, -0.2) is 4.79 Å². The number of nitrogens with one attached hydrogen (secondary N) is 1. The fourth-order valence-corrected chi connectivity index (χ4v) is 1.90. The Morgan fingerprint density at radius 1 is 0.950 bits per heavy atom. The number of unbranched alkanes of at least 4 members (excludes halogenated alkanes) is 4. The zero-order chi connectivity index (χ0) is 15.2. The van der Waals surface area contributed by atoms with Crippen molar-refractivity contribution in [2.24, 2.45) is 0 Å². The number of carboxylic acid groups (broad SMARTS) is 1. The molecular weight excluding hydrogens is 256 g/mol. The molecule has 0 aromatic carbocycles. The Bertz CT molecular complexity index is 262. The number of hydrogen-bond acceptors (Lipinski definition) is 2. The highest BCUT2D eigenvalue weighted by atomic mass is 16.4. The van der Waals surface area contributed by atoms with Gasteiger partial charge >= 0.3 is 12.0 Å². The highest BCUT2D eigenvalue weighted by Gasteiger charge is 2.11. The number of amides is 2. The van der Waals surface area contributed by atoms with E-state index in [4.69, 9.17) is 5.11 Å². The van der Waals surface area contributed by atoms with Gasteiger partial charge in [0.15, 0.2) is 0 Å². The van der Waals surface area contributed by atoms with Crippen LogP contribution >= 0.6 is 0 Å². The van der Waals surface area contributed by atoms with Crippen LogP contribution in [0.15, 0.2) is 0 Å². The van der Waals surface area contributed by atoms with Gasteiger partial charge in [0.2, 0.25) is 0 Å². The van der Waals surface area contributed by atoms with Crippen LogP contribution in [-0.4, -0.2) is 41.6 Å². The first-order valence-corrected chi connectivity index (χ1v) is 7.86. The zero-order valence-corrected chi connectivity index (χ0v) is 13.0. The third kappa shape index (κ3) is 10.6. The van der Waals surface area contributed by atoms with E-state index >= 15 is 0 Å². The second-order valence-corrected chi connectivity index (χ2v) is 5.13. The van der Waals surface area contributed by atoms with Crippen LogP contribution in [-0.2, 0) is 4.79 Å². The molecule has 5 nitrogen and oxygen atoms in total. The van der Waals surface area contributed by atoms with E-state index in [-0.39, 0.29) is 12.5 Å². The minimum Gasteiger partial charge on any atom is -0.481 e. The van der Waals surface area contributed by atoms with Crippen LogP contribution in [0.3, 0.4) is 0 Å². The van der Waals surface area contributed by atoms with Crippen molar-refractivity contribution in [3.63, 3.8) is 0 Å². The third-order valence-corrected chi connectivity index (χ3v) is 3.19. The van der Waals surface area contributed by atoms with Crippen molar-refractivity contribution in [3.8, 4) is 0 Å². The molecule has 0 atom stereocenters. The van der Waals surface area contributed by atoms with Gasteiger partial charge in [-0.3, -0.25) is 4.79 Å². The maximum atomic E-state index is 12.0. The standard InChI is InChI=1S/C15H30N2O3/c1-3-5-12-17(13-6-4-2)15(20)16-11-9-7-8-10-14(18)19/h3-13H2,1-2H3,(H,16,20)(H,18,19). The molecular formula is C15H30N2O3. The number of nitrogens with zero attached hydrogens (tertiary/aromatic N) is 1. The minimum atomic E-state index is -0.751. The van der Waals surface area contributed by atoms with E-state index in [1.54, 1.807) is 0 Å². The molecule has 0 radical (unpaired) electrons. The first-order valence-electron chi connectivity index (χ1n) is 7.86. The lowest BCUT2D eigenvalue weighted by atomic mass is 10.2. The summed E-state index contributed by atoms with van der Waals surface area (Å²) in [5, 5.41) is 11.4. The van der Waals surface area contributed by atoms with Gasteiger partial charge in [0, 0.05) is 26.1 Å². The zero-order valence-electron chi connectivity index (χ0n) is 13.0. The molecule has 0 saturated heterocycles. The predicted octanol–water partition coefficient (Wildman–Crippen LogP) is 3.24.